The first kappa shape index (κ1) is 9.97. The number of furan rings is 1. The Morgan fingerprint density at radius 1 is 1.00 bits per heavy atom. The number of nitrogens with zero attached hydrogens (tertiary/aromatic N) is 2. The Labute approximate surface area is 112 Å². The summed E-state index contributed by atoms with van der Waals surface area (Å²) in [4.78, 5) is 15.8. The molecule has 5 aromatic rings. The molecular weight excluding hydrogens is 252 g/mol. The van der Waals surface area contributed by atoms with Crippen LogP contribution in [-0.4, -0.2) is 9.38 Å². The standard InChI is InChI=1S/C16H8N2O2/c19-16-15-14-13-10(5-3-7-12(13)20-15)9-4-1-2-6-11(9)18(14)8-17-16/h1-8H. The molecule has 2 aromatic carbocycles. The second-order valence-electron chi connectivity index (χ2n) is 4.90. The third-order valence-corrected chi connectivity index (χ3v) is 3.87. The molecule has 0 aliphatic heterocycles. The van der Waals surface area contributed by atoms with Gasteiger partial charge in [0.15, 0.2) is 0 Å². The van der Waals surface area contributed by atoms with Crippen LogP contribution in [0.2, 0.25) is 0 Å². The molecule has 0 aliphatic carbocycles. The lowest BCUT2D eigenvalue weighted by Gasteiger charge is -2.08. The van der Waals surface area contributed by atoms with E-state index in [2.05, 4.69) is 17.1 Å². The summed E-state index contributed by atoms with van der Waals surface area (Å²) in [6.07, 6.45) is 1.58. The van der Waals surface area contributed by atoms with Gasteiger partial charge in [0.2, 0.25) is 5.58 Å². The number of benzene rings is 2. The van der Waals surface area contributed by atoms with Crippen molar-refractivity contribution in [1.82, 2.24) is 9.38 Å². The monoisotopic (exact) mass is 260 g/mol. The van der Waals surface area contributed by atoms with E-state index in [1.807, 2.05) is 34.7 Å². The third kappa shape index (κ3) is 0.992. The largest absolute Gasteiger partial charge is 0.448 e. The van der Waals surface area contributed by atoms with Crippen molar-refractivity contribution in [3.8, 4) is 0 Å². The summed E-state index contributed by atoms with van der Waals surface area (Å²) in [5.41, 5.74) is 2.56. The first-order valence-corrected chi connectivity index (χ1v) is 6.37. The highest BCUT2D eigenvalue weighted by Crippen LogP contribution is 2.36. The molecule has 0 N–H and O–H groups in total. The molecule has 3 heterocycles. The quantitative estimate of drug-likeness (QED) is 0.402. The van der Waals surface area contributed by atoms with Crippen LogP contribution in [0.4, 0.5) is 0 Å². The molecule has 0 amide bonds. The SMILES string of the molecule is O=c1ncn2c3ccccc3c3cccc4oc1c2c43. The molecule has 0 aliphatic rings. The Hall–Kier alpha value is -2.88. The average molecular weight is 260 g/mol. The van der Waals surface area contributed by atoms with E-state index in [0.717, 1.165) is 32.8 Å². The summed E-state index contributed by atoms with van der Waals surface area (Å²) < 4.78 is 7.66. The van der Waals surface area contributed by atoms with Gasteiger partial charge in [0.25, 0.3) is 0 Å². The van der Waals surface area contributed by atoms with Crippen LogP contribution in [0.15, 0.2) is 58.0 Å². The van der Waals surface area contributed by atoms with Crippen molar-refractivity contribution >= 4 is 38.4 Å². The topological polar surface area (TPSA) is 47.5 Å². The predicted octanol–water partition coefficient (Wildman–Crippen LogP) is 3.18. The fraction of sp³-hybridized carbons (Fsp3) is 0. The third-order valence-electron chi connectivity index (χ3n) is 3.87. The average Bonchev–Trinajstić information content (AvgIpc) is 2.89. The first-order valence-electron chi connectivity index (χ1n) is 6.37. The molecule has 3 aromatic heterocycles. The molecule has 0 spiro atoms. The van der Waals surface area contributed by atoms with Gasteiger partial charge >= 0.3 is 5.56 Å². The summed E-state index contributed by atoms with van der Waals surface area (Å²) in [5.74, 6) is 0. The van der Waals surface area contributed by atoms with Gasteiger partial charge in [0.1, 0.15) is 17.4 Å². The Kier molecular flexibility index (Phi) is 1.58. The van der Waals surface area contributed by atoms with Gasteiger partial charge in [-0.1, -0.05) is 30.3 Å². The second kappa shape index (κ2) is 3.17. The van der Waals surface area contributed by atoms with Crippen LogP contribution in [0.25, 0.3) is 38.4 Å². The molecule has 0 atom stereocenters. The van der Waals surface area contributed by atoms with Crippen molar-refractivity contribution in [2.45, 2.75) is 0 Å². The number of pyridine rings is 1. The summed E-state index contributed by atoms with van der Waals surface area (Å²) in [7, 11) is 0. The zero-order valence-corrected chi connectivity index (χ0v) is 10.3. The Bertz CT molecular complexity index is 1170. The van der Waals surface area contributed by atoms with E-state index in [1.165, 1.54) is 0 Å². The molecule has 4 heteroatoms. The molecule has 20 heavy (non-hydrogen) atoms. The lowest BCUT2D eigenvalue weighted by atomic mass is 10.0. The highest BCUT2D eigenvalue weighted by atomic mass is 16.3. The molecule has 94 valence electrons. The van der Waals surface area contributed by atoms with Crippen LogP contribution in [0.1, 0.15) is 0 Å². The van der Waals surface area contributed by atoms with Crippen molar-refractivity contribution in [2.75, 3.05) is 0 Å². The minimum atomic E-state index is -0.321. The zero-order chi connectivity index (χ0) is 13.3. The van der Waals surface area contributed by atoms with Crippen LogP contribution < -0.4 is 5.56 Å². The highest BCUT2D eigenvalue weighted by molar-refractivity contribution is 6.21. The number of aromatic nitrogens is 2. The van der Waals surface area contributed by atoms with Crippen molar-refractivity contribution in [1.29, 1.82) is 0 Å². The normalized spacial score (nSPS) is 12.2. The summed E-state index contributed by atoms with van der Waals surface area (Å²) in [5, 5.41) is 3.21. The van der Waals surface area contributed by atoms with Gasteiger partial charge in [-0.15, -0.1) is 0 Å². The van der Waals surface area contributed by atoms with E-state index in [-0.39, 0.29) is 5.56 Å². The van der Waals surface area contributed by atoms with Crippen molar-refractivity contribution in [2.24, 2.45) is 0 Å². The number of hydrogen-bond acceptors (Lipinski definition) is 3. The van der Waals surface area contributed by atoms with E-state index in [0.29, 0.717) is 5.58 Å². The van der Waals surface area contributed by atoms with E-state index in [9.17, 15) is 4.79 Å². The molecule has 4 nitrogen and oxygen atoms in total. The summed E-state index contributed by atoms with van der Waals surface area (Å²) in [6, 6.07) is 14.0. The zero-order valence-electron chi connectivity index (χ0n) is 10.3. The van der Waals surface area contributed by atoms with Crippen LogP contribution >= 0.6 is 0 Å². The number of rotatable bonds is 0. The lowest BCUT2D eigenvalue weighted by molar-refractivity contribution is 0.660. The Morgan fingerprint density at radius 2 is 1.85 bits per heavy atom. The highest BCUT2D eigenvalue weighted by Gasteiger charge is 2.18. The Balaban J connectivity index is 2.36. The van der Waals surface area contributed by atoms with Crippen molar-refractivity contribution < 1.29 is 4.42 Å². The lowest BCUT2D eigenvalue weighted by Crippen LogP contribution is -2.08. The van der Waals surface area contributed by atoms with Gasteiger partial charge < -0.3 is 4.42 Å². The first-order chi connectivity index (χ1) is 9.84. The molecule has 0 fully saturated rings. The summed E-state index contributed by atoms with van der Waals surface area (Å²) >= 11 is 0. The van der Waals surface area contributed by atoms with Gasteiger partial charge in [0, 0.05) is 5.39 Å². The Morgan fingerprint density at radius 3 is 2.80 bits per heavy atom. The fourth-order valence-corrected chi connectivity index (χ4v) is 3.05. The number of fused-ring (bicyclic) bond motifs is 3. The molecule has 5 rings (SSSR count). The maximum Gasteiger partial charge on any atom is 0.316 e. The van der Waals surface area contributed by atoms with E-state index < -0.39 is 0 Å². The van der Waals surface area contributed by atoms with Crippen LogP contribution in [0.3, 0.4) is 0 Å². The van der Waals surface area contributed by atoms with Crippen molar-refractivity contribution in [3.63, 3.8) is 0 Å². The predicted molar refractivity (Wildman–Crippen MR) is 77.4 cm³/mol. The van der Waals surface area contributed by atoms with Gasteiger partial charge in [-0.25, -0.2) is 0 Å². The smallest absolute Gasteiger partial charge is 0.316 e. The minimum Gasteiger partial charge on any atom is -0.448 e. The van der Waals surface area contributed by atoms with E-state index in [4.69, 9.17) is 4.42 Å². The molecular formula is C16H8N2O2. The van der Waals surface area contributed by atoms with Gasteiger partial charge in [0.05, 0.1) is 10.9 Å². The fourth-order valence-electron chi connectivity index (χ4n) is 3.05. The maximum absolute atomic E-state index is 11.9. The molecule has 0 saturated heterocycles. The summed E-state index contributed by atoms with van der Waals surface area (Å²) in [6.45, 7) is 0. The van der Waals surface area contributed by atoms with Gasteiger partial charge in [-0.3, -0.25) is 9.20 Å². The molecule has 0 unspecified atom stereocenters. The maximum atomic E-state index is 11.9. The second-order valence-corrected chi connectivity index (χ2v) is 4.90. The minimum absolute atomic E-state index is 0.321. The van der Waals surface area contributed by atoms with Crippen molar-refractivity contribution in [3.05, 3.63) is 59.1 Å². The number of para-hydroxylation sites is 1. The van der Waals surface area contributed by atoms with E-state index >= 15 is 0 Å². The van der Waals surface area contributed by atoms with Gasteiger partial charge in [-0.05, 0) is 17.5 Å². The molecule has 0 radical (unpaired) electrons. The van der Waals surface area contributed by atoms with Crippen LogP contribution in [0, 0.1) is 0 Å². The van der Waals surface area contributed by atoms with Crippen LogP contribution in [0.5, 0.6) is 0 Å². The van der Waals surface area contributed by atoms with Crippen LogP contribution in [-0.2, 0) is 0 Å². The molecule has 0 bridgehead atoms. The molecule has 0 saturated carbocycles. The number of hydrogen-bond donors (Lipinski definition) is 0. The van der Waals surface area contributed by atoms with Gasteiger partial charge in [-0.2, -0.15) is 4.98 Å². The van der Waals surface area contributed by atoms with E-state index in [1.54, 1.807) is 6.33 Å².